The normalized spacial score (nSPS) is 9.36. The number of benzene rings is 1. The fourth-order valence-electron chi connectivity index (χ4n) is 1.18. The van der Waals surface area contributed by atoms with Crippen LogP contribution in [0, 0.1) is 0 Å². The van der Waals surface area contributed by atoms with Gasteiger partial charge < -0.3 is 4.74 Å². The summed E-state index contributed by atoms with van der Waals surface area (Å²) in [5.74, 6) is 0.364. The van der Waals surface area contributed by atoms with E-state index in [1.54, 1.807) is 0 Å². The van der Waals surface area contributed by atoms with Gasteiger partial charge in [0.1, 0.15) is 5.76 Å². The Morgan fingerprint density at radius 3 is 2.07 bits per heavy atom. The van der Waals surface area contributed by atoms with Crippen LogP contribution in [0.4, 0.5) is 0 Å². The molecule has 0 aromatic heterocycles. The maximum absolute atomic E-state index is 10.9. The van der Waals surface area contributed by atoms with Gasteiger partial charge in [0.25, 0.3) is 0 Å². The van der Waals surface area contributed by atoms with Crippen LogP contribution in [0.5, 0.6) is 0 Å². The van der Waals surface area contributed by atoms with Crippen LogP contribution < -0.4 is 0 Å². The van der Waals surface area contributed by atoms with Crippen molar-refractivity contribution in [2.75, 3.05) is 0 Å². The van der Waals surface area contributed by atoms with Crippen molar-refractivity contribution < 1.29 is 9.53 Å². The molecular formula is C12H14O2. The third-order valence-corrected chi connectivity index (χ3v) is 1.74. The number of carbonyl (C=O) groups is 1. The summed E-state index contributed by atoms with van der Waals surface area (Å²) >= 11 is 0. The molecule has 0 radical (unpaired) electrons. The number of hydrogen-bond acceptors (Lipinski definition) is 2. The van der Waals surface area contributed by atoms with E-state index in [0.717, 1.165) is 11.1 Å². The highest BCUT2D eigenvalue weighted by Crippen LogP contribution is 2.19. The van der Waals surface area contributed by atoms with Gasteiger partial charge in [-0.05, 0) is 19.4 Å². The second-order valence-electron chi connectivity index (χ2n) is 3.29. The first kappa shape index (κ1) is 10.5. The molecule has 14 heavy (non-hydrogen) atoms. The van der Waals surface area contributed by atoms with Gasteiger partial charge in [-0.2, -0.15) is 0 Å². The van der Waals surface area contributed by atoms with E-state index >= 15 is 0 Å². The number of hydrogen-bond donors (Lipinski definition) is 0. The van der Waals surface area contributed by atoms with Gasteiger partial charge in [0.05, 0.1) is 0 Å². The topological polar surface area (TPSA) is 26.3 Å². The monoisotopic (exact) mass is 190 g/mol. The summed E-state index contributed by atoms with van der Waals surface area (Å²) in [6.45, 7) is 5.25. The maximum atomic E-state index is 10.9. The largest absolute Gasteiger partial charge is 0.426 e. The van der Waals surface area contributed by atoms with Crippen LogP contribution in [0.15, 0.2) is 35.9 Å². The molecule has 0 unspecified atom stereocenters. The molecule has 1 aromatic rings. The summed E-state index contributed by atoms with van der Waals surface area (Å²) < 4.78 is 5.14. The molecule has 2 nitrogen and oxygen atoms in total. The minimum Gasteiger partial charge on any atom is -0.426 e. The van der Waals surface area contributed by atoms with E-state index < -0.39 is 0 Å². The number of esters is 1. The van der Waals surface area contributed by atoms with Gasteiger partial charge in [0.2, 0.25) is 0 Å². The van der Waals surface area contributed by atoms with Gasteiger partial charge in [-0.25, -0.2) is 0 Å². The first-order chi connectivity index (χ1) is 6.61. The lowest BCUT2D eigenvalue weighted by molar-refractivity contribution is -0.134. The molecule has 0 fully saturated rings. The van der Waals surface area contributed by atoms with Gasteiger partial charge in [-0.15, -0.1) is 0 Å². The summed E-state index contributed by atoms with van der Waals surface area (Å²) in [5, 5.41) is 0. The Hall–Kier alpha value is -1.57. The predicted molar refractivity (Wildman–Crippen MR) is 56.5 cm³/mol. The molecule has 0 amide bonds. The van der Waals surface area contributed by atoms with Crippen molar-refractivity contribution in [3.8, 4) is 0 Å². The highest BCUT2D eigenvalue weighted by atomic mass is 16.5. The second-order valence-corrected chi connectivity index (χ2v) is 3.29. The smallest absolute Gasteiger partial charge is 0.308 e. The standard InChI is InChI=1S/C12H14O2/c1-9(2)12(14-10(3)13)11-7-5-4-6-8-11/h4-8H,1-3H3. The molecule has 74 valence electrons. The van der Waals surface area contributed by atoms with Crippen molar-refractivity contribution in [2.24, 2.45) is 0 Å². The number of ether oxygens (including phenoxy) is 1. The average Bonchev–Trinajstić information content (AvgIpc) is 2.15. The summed E-state index contributed by atoms with van der Waals surface area (Å²) in [7, 11) is 0. The molecule has 0 heterocycles. The second kappa shape index (κ2) is 4.61. The minimum absolute atomic E-state index is 0.287. The Morgan fingerprint density at radius 2 is 1.64 bits per heavy atom. The van der Waals surface area contributed by atoms with E-state index in [2.05, 4.69) is 0 Å². The Labute approximate surface area is 84.2 Å². The molecule has 0 aliphatic rings. The van der Waals surface area contributed by atoms with Gasteiger partial charge in [-0.1, -0.05) is 30.3 Å². The Balaban J connectivity index is 3.03. The predicted octanol–water partition coefficient (Wildman–Crippen LogP) is 3.00. The highest BCUT2D eigenvalue weighted by molar-refractivity contribution is 5.77. The zero-order valence-electron chi connectivity index (χ0n) is 8.70. The summed E-state index contributed by atoms with van der Waals surface area (Å²) in [5.41, 5.74) is 1.93. The van der Waals surface area contributed by atoms with E-state index in [4.69, 9.17) is 4.74 Å². The highest BCUT2D eigenvalue weighted by Gasteiger charge is 2.06. The molecule has 0 atom stereocenters. The Morgan fingerprint density at radius 1 is 1.07 bits per heavy atom. The van der Waals surface area contributed by atoms with Crippen LogP contribution in [-0.4, -0.2) is 5.97 Å². The minimum atomic E-state index is -0.287. The lowest BCUT2D eigenvalue weighted by atomic mass is 10.1. The summed E-state index contributed by atoms with van der Waals surface area (Å²) in [6, 6.07) is 9.61. The number of allylic oxidation sites excluding steroid dienone is 1. The first-order valence-corrected chi connectivity index (χ1v) is 4.52. The lowest BCUT2D eigenvalue weighted by Gasteiger charge is -2.08. The van der Waals surface area contributed by atoms with Crippen molar-refractivity contribution in [3.63, 3.8) is 0 Å². The molecular weight excluding hydrogens is 176 g/mol. The van der Waals surface area contributed by atoms with Crippen LogP contribution in [-0.2, 0) is 9.53 Å². The molecule has 1 aromatic carbocycles. The molecule has 0 spiro atoms. The van der Waals surface area contributed by atoms with E-state index in [9.17, 15) is 4.79 Å². The fourth-order valence-corrected chi connectivity index (χ4v) is 1.18. The molecule has 0 saturated carbocycles. The van der Waals surface area contributed by atoms with Crippen LogP contribution in [0.3, 0.4) is 0 Å². The van der Waals surface area contributed by atoms with Crippen LogP contribution in [0.2, 0.25) is 0 Å². The Kier molecular flexibility index (Phi) is 3.46. The lowest BCUT2D eigenvalue weighted by Crippen LogP contribution is -1.99. The van der Waals surface area contributed by atoms with Crippen molar-refractivity contribution in [2.45, 2.75) is 20.8 Å². The number of rotatable bonds is 2. The average molecular weight is 190 g/mol. The molecule has 0 saturated heterocycles. The number of carbonyl (C=O) groups excluding carboxylic acids is 1. The van der Waals surface area contributed by atoms with Crippen molar-refractivity contribution >= 4 is 11.7 Å². The maximum Gasteiger partial charge on any atom is 0.308 e. The van der Waals surface area contributed by atoms with Crippen LogP contribution in [0.1, 0.15) is 26.3 Å². The Bertz CT molecular complexity index is 346. The molecule has 0 aliphatic carbocycles. The van der Waals surface area contributed by atoms with Crippen LogP contribution >= 0.6 is 0 Å². The summed E-state index contributed by atoms with van der Waals surface area (Å²) in [4.78, 5) is 10.9. The van der Waals surface area contributed by atoms with Gasteiger partial charge in [0, 0.05) is 12.5 Å². The van der Waals surface area contributed by atoms with Crippen molar-refractivity contribution in [3.05, 3.63) is 41.5 Å². The molecule has 1 rings (SSSR count). The zero-order chi connectivity index (χ0) is 10.6. The quantitative estimate of drug-likeness (QED) is 0.529. The third-order valence-electron chi connectivity index (χ3n) is 1.74. The van der Waals surface area contributed by atoms with E-state index in [-0.39, 0.29) is 5.97 Å². The van der Waals surface area contributed by atoms with Crippen LogP contribution in [0.25, 0.3) is 5.76 Å². The van der Waals surface area contributed by atoms with E-state index in [0.29, 0.717) is 5.76 Å². The van der Waals surface area contributed by atoms with E-state index in [1.165, 1.54) is 6.92 Å². The molecule has 0 bridgehead atoms. The summed E-state index contributed by atoms with van der Waals surface area (Å²) in [6.07, 6.45) is 0. The van der Waals surface area contributed by atoms with Gasteiger partial charge >= 0.3 is 5.97 Å². The van der Waals surface area contributed by atoms with Crippen molar-refractivity contribution in [1.29, 1.82) is 0 Å². The first-order valence-electron chi connectivity index (χ1n) is 4.52. The van der Waals surface area contributed by atoms with Crippen molar-refractivity contribution in [1.82, 2.24) is 0 Å². The fraction of sp³-hybridized carbons (Fsp3) is 0.250. The third kappa shape index (κ3) is 2.73. The van der Waals surface area contributed by atoms with E-state index in [1.807, 2.05) is 44.2 Å². The molecule has 0 aliphatic heterocycles. The zero-order valence-corrected chi connectivity index (χ0v) is 8.70. The van der Waals surface area contributed by atoms with Gasteiger partial charge in [0.15, 0.2) is 0 Å². The molecule has 0 N–H and O–H groups in total. The SMILES string of the molecule is CC(=O)OC(=C(C)C)c1ccccc1. The van der Waals surface area contributed by atoms with Gasteiger partial charge in [-0.3, -0.25) is 4.79 Å². The molecule has 2 heteroatoms.